The number of rotatable bonds is 5. The molecule has 0 aliphatic heterocycles. The van der Waals surface area contributed by atoms with Crippen molar-refractivity contribution in [3.05, 3.63) is 28.8 Å². The molecule has 17 heavy (non-hydrogen) atoms. The second-order valence-electron chi connectivity index (χ2n) is 3.65. The number of nitrogens with two attached hydrogens (primary N) is 1. The first kappa shape index (κ1) is 14.4. The maximum atomic E-state index is 10.9. The van der Waals surface area contributed by atoms with Crippen LogP contribution in [0.1, 0.15) is 24.9 Å². The van der Waals surface area contributed by atoms with E-state index in [0.29, 0.717) is 17.2 Å². The van der Waals surface area contributed by atoms with Gasteiger partial charge in [-0.2, -0.15) is 0 Å². The molecule has 1 aromatic carbocycles. The molecule has 0 bridgehead atoms. The number of methoxy groups -OCH3 is 1. The van der Waals surface area contributed by atoms with Crippen LogP contribution in [0.2, 0.25) is 5.02 Å². The average Bonchev–Trinajstić information content (AvgIpc) is 2.30. The van der Waals surface area contributed by atoms with Crippen molar-refractivity contribution in [3.8, 4) is 0 Å². The maximum absolute atomic E-state index is 10.9. The van der Waals surface area contributed by atoms with E-state index in [1.807, 2.05) is 25.1 Å². The number of benzene rings is 1. The first-order valence-corrected chi connectivity index (χ1v) is 6.65. The highest BCUT2D eigenvalue weighted by Crippen LogP contribution is 2.29. The van der Waals surface area contributed by atoms with Crippen LogP contribution >= 0.6 is 23.4 Å². The summed E-state index contributed by atoms with van der Waals surface area (Å²) in [5.74, 6) is 0.449. The average molecular weight is 274 g/mol. The third-order valence-corrected chi connectivity index (χ3v) is 3.77. The minimum Gasteiger partial charge on any atom is -0.469 e. The van der Waals surface area contributed by atoms with Gasteiger partial charge in [-0.1, -0.05) is 17.7 Å². The van der Waals surface area contributed by atoms with Crippen molar-refractivity contribution in [2.24, 2.45) is 5.73 Å². The molecule has 0 heterocycles. The van der Waals surface area contributed by atoms with E-state index in [0.717, 1.165) is 10.5 Å². The third kappa shape index (κ3) is 4.58. The Morgan fingerprint density at radius 2 is 2.29 bits per heavy atom. The number of hydrogen-bond donors (Lipinski definition) is 1. The smallest absolute Gasteiger partial charge is 0.306 e. The predicted molar refractivity (Wildman–Crippen MR) is 71.4 cm³/mol. The lowest BCUT2D eigenvalue weighted by atomic mass is 10.1. The van der Waals surface area contributed by atoms with E-state index in [1.54, 1.807) is 0 Å². The minimum atomic E-state index is -0.208. The van der Waals surface area contributed by atoms with Gasteiger partial charge in [0.1, 0.15) is 0 Å². The largest absolute Gasteiger partial charge is 0.469 e. The molecular formula is C12H16ClNO2S. The van der Waals surface area contributed by atoms with Gasteiger partial charge in [-0.15, -0.1) is 11.8 Å². The normalized spacial score (nSPS) is 12.2. The second-order valence-corrected chi connectivity index (χ2v) is 5.20. The molecule has 0 saturated heterocycles. The van der Waals surface area contributed by atoms with Gasteiger partial charge in [-0.05, 0) is 24.6 Å². The molecule has 1 aromatic rings. The molecule has 0 aliphatic carbocycles. The molecule has 1 rings (SSSR count). The number of carbonyl (C=O) groups is 1. The van der Waals surface area contributed by atoms with Crippen LogP contribution in [0.5, 0.6) is 0 Å². The monoisotopic (exact) mass is 273 g/mol. The predicted octanol–water partition coefficient (Wildman–Crippen LogP) is 3.01. The molecule has 2 N–H and O–H groups in total. The highest BCUT2D eigenvalue weighted by molar-refractivity contribution is 7.99. The van der Waals surface area contributed by atoms with E-state index >= 15 is 0 Å². The quantitative estimate of drug-likeness (QED) is 0.662. The summed E-state index contributed by atoms with van der Waals surface area (Å²) in [4.78, 5) is 11.9. The van der Waals surface area contributed by atoms with Gasteiger partial charge in [0, 0.05) is 16.7 Å². The Morgan fingerprint density at radius 3 is 2.82 bits per heavy atom. The number of esters is 1. The highest BCUT2D eigenvalue weighted by atomic mass is 35.5. The van der Waals surface area contributed by atoms with Crippen LogP contribution in [-0.2, 0) is 9.53 Å². The summed E-state index contributed by atoms with van der Waals surface area (Å²) >= 11 is 7.67. The zero-order valence-electron chi connectivity index (χ0n) is 9.90. The van der Waals surface area contributed by atoms with Crippen LogP contribution in [0.15, 0.2) is 23.1 Å². The van der Waals surface area contributed by atoms with Crippen molar-refractivity contribution in [1.29, 1.82) is 0 Å². The second kappa shape index (κ2) is 6.89. The van der Waals surface area contributed by atoms with Crippen LogP contribution in [0.3, 0.4) is 0 Å². The van der Waals surface area contributed by atoms with E-state index < -0.39 is 0 Å². The van der Waals surface area contributed by atoms with E-state index in [-0.39, 0.29) is 12.0 Å². The molecule has 94 valence electrons. The van der Waals surface area contributed by atoms with Gasteiger partial charge in [0.05, 0.1) is 18.6 Å². The van der Waals surface area contributed by atoms with Gasteiger partial charge in [-0.3, -0.25) is 4.79 Å². The molecule has 0 fully saturated rings. The van der Waals surface area contributed by atoms with E-state index in [4.69, 9.17) is 17.3 Å². The Labute approximate surface area is 111 Å². The summed E-state index contributed by atoms with van der Waals surface area (Å²) in [7, 11) is 1.39. The van der Waals surface area contributed by atoms with Crippen molar-refractivity contribution in [1.82, 2.24) is 0 Å². The van der Waals surface area contributed by atoms with Gasteiger partial charge in [0.2, 0.25) is 0 Å². The first-order chi connectivity index (χ1) is 8.04. The topological polar surface area (TPSA) is 52.3 Å². The molecule has 1 atom stereocenters. The maximum Gasteiger partial charge on any atom is 0.306 e. The summed E-state index contributed by atoms with van der Waals surface area (Å²) in [6.07, 6.45) is 0.381. The summed E-state index contributed by atoms with van der Waals surface area (Å²) < 4.78 is 4.57. The number of hydrogen-bond acceptors (Lipinski definition) is 4. The molecular weight excluding hydrogens is 258 g/mol. The van der Waals surface area contributed by atoms with Crippen LogP contribution in [0, 0.1) is 0 Å². The highest BCUT2D eigenvalue weighted by Gasteiger charge is 2.07. The van der Waals surface area contributed by atoms with E-state index in [1.165, 1.54) is 18.9 Å². The number of thioether (sulfide) groups is 1. The Morgan fingerprint density at radius 1 is 1.59 bits per heavy atom. The van der Waals surface area contributed by atoms with Crippen molar-refractivity contribution in [2.75, 3.05) is 12.9 Å². The molecule has 5 heteroatoms. The SMILES string of the molecule is COC(=O)CCSc1ccc(C(C)N)cc1Cl. The lowest BCUT2D eigenvalue weighted by Gasteiger charge is -2.09. The van der Waals surface area contributed by atoms with Crippen molar-refractivity contribution in [3.63, 3.8) is 0 Å². The lowest BCUT2D eigenvalue weighted by molar-refractivity contribution is -0.140. The van der Waals surface area contributed by atoms with Crippen LogP contribution in [-0.4, -0.2) is 18.8 Å². The summed E-state index contributed by atoms with van der Waals surface area (Å²) in [5.41, 5.74) is 6.77. The molecule has 0 spiro atoms. The standard InChI is InChI=1S/C12H16ClNO2S/c1-8(14)9-3-4-11(10(13)7-9)17-6-5-12(15)16-2/h3-4,7-8H,5-6,14H2,1-2H3. The fourth-order valence-electron chi connectivity index (χ4n) is 1.26. The van der Waals surface area contributed by atoms with Crippen LogP contribution in [0.25, 0.3) is 0 Å². The van der Waals surface area contributed by atoms with E-state index in [2.05, 4.69) is 4.74 Å². The summed E-state index contributed by atoms with van der Waals surface area (Å²) in [6, 6.07) is 5.73. The van der Waals surface area contributed by atoms with Crippen molar-refractivity contribution in [2.45, 2.75) is 24.3 Å². The van der Waals surface area contributed by atoms with Crippen molar-refractivity contribution < 1.29 is 9.53 Å². The molecule has 0 saturated carbocycles. The number of carbonyl (C=O) groups excluding carboxylic acids is 1. The first-order valence-electron chi connectivity index (χ1n) is 5.29. The Balaban J connectivity index is 2.57. The zero-order valence-corrected chi connectivity index (χ0v) is 11.5. The van der Waals surface area contributed by atoms with Gasteiger partial charge in [0.25, 0.3) is 0 Å². The fraction of sp³-hybridized carbons (Fsp3) is 0.417. The fourth-order valence-corrected chi connectivity index (χ4v) is 2.47. The van der Waals surface area contributed by atoms with Gasteiger partial charge in [-0.25, -0.2) is 0 Å². The molecule has 0 amide bonds. The van der Waals surface area contributed by atoms with E-state index in [9.17, 15) is 4.79 Å². The number of ether oxygens (including phenoxy) is 1. The number of halogens is 1. The van der Waals surface area contributed by atoms with Gasteiger partial charge >= 0.3 is 5.97 Å². The molecule has 3 nitrogen and oxygen atoms in total. The molecule has 0 radical (unpaired) electrons. The zero-order chi connectivity index (χ0) is 12.8. The lowest BCUT2D eigenvalue weighted by Crippen LogP contribution is -2.04. The molecule has 1 unspecified atom stereocenters. The van der Waals surface area contributed by atoms with Crippen molar-refractivity contribution >= 4 is 29.3 Å². The van der Waals surface area contributed by atoms with Gasteiger partial charge in [0.15, 0.2) is 0 Å². The Bertz CT molecular complexity index is 396. The van der Waals surface area contributed by atoms with Gasteiger partial charge < -0.3 is 10.5 Å². The minimum absolute atomic E-state index is 0.0263. The summed E-state index contributed by atoms with van der Waals surface area (Å²) in [6.45, 7) is 1.91. The molecule has 0 aromatic heterocycles. The van der Waals surface area contributed by atoms with Crippen LogP contribution < -0.4 is 5.73 Å². The molecule has 0 aliphatic rings. The Kier molecular flexibility index (Phi) is 5.82. The third-order valence-electron chi connectivity index (χ3n) is 2.27. The summed E-state index contributed by atoms with van der Waals surface area (Å²) in [5, 5.41) is 0.676. The Hall–Kier alpha value is -0.710. The van der Waals surface area contributed by atoms with Crippen LogP contribution in [0.4, 0.5) is 0 Å².